The number of amides is 12. The van der Waals surface area contributed by atoms with E-state index in [4.69, 9.17) is 20.9 Å². The Kier molecular flexibility index (Phi) is 17.9. The van der Waals surface area contributed by atoms with Gasteiger partial charge in [0.1, 0.15) is 23.6 Å². The summed E-state index contributed by atoms with van der Waals surface area (Å²) in [6.45, 7) is 7.12. The van der Waals surface area contributed by atoms with Gasteiger partial charge in [-0.1, -0.05) is 39.8 Å². The smallest absolute Gasteiger partial charge is 0.352 e. The van der Waals surface area contributed by atoms with Crippen LogP contribution in [0.5, 0.6) is 11.5 Å². The number of hydrogen-bond acceptors (Lipinski definition) is 10. The van der Waals surface area contributed by atoms with Crippen LogP contribution < -0.4 is 75.0 Å². The van der Waals surface area contributed by atoms with Crippen LogP contribution >= 0.6 is 0 Å². The molecule has 2 aromatic carbocycles. The molecule has 0 heterocycles. The largest absolute Gasteiger partial charge is 0.494 e. The average Bonchev–Trinajstić information content (AvgIpc) is 3.12. The Morgan fingerprint density at radius 2 is 0.870 bits per heavy atom. The van der Waals surface area contributed by atoms with Crippen molar-refractivity contribution in [2.24, 2.45) is 23.3 Å². The summed E-state index contributed by atoms with van der Waals surface area (Å²) in [5.74, 6) is -1.93. The molecule has 0 spiro atoms. The summed E-state index contributed by atoms with van der Waals surface area (Å²) in [7, 11) is 0. The topological polar surface area (TPSA) is 327 Å². The van der Waals surface area contributed by atoms with Gasteiger partial charge in [0, 0.05) is 12.8 Å². The highest BCUT2D eigenvalue weighted by atomic mass is 16.5. The highest BCUT2D eigenvalue weighted by molar-refractivity contribution is 5.89. The van der Waals surface area contributed by atoms with Gasteiger partial charge in [-0.15, -0.1) is 0 Å². The van der Waals surface area contributed by atoms with Crippen molar-refractivity contribution in [3.05, 3.63) is 36.4 Å². The molecule has 2 rings (SSSR count). The van der Waals surface area contributed by atoms with Crippen LogP contribution in [0, 0.1) is 11.8 Å². The van der Waals surface area contributed by atoms with Crippen molar-refractivity contribution < 1.29 is 47.8 Å². The van der Waals surface area contributed by atoms with Gasteiger partial charge in [-0.3, -0.25) is 30.0 Å². The molecule has 0 fully saturated rings. The molecule has 0 aliphatic carbocycles. The number of fused-ring (bicyclic) bond motifs is 1. The molecule has 0 aromatic heterocycles. The van der Waals surface area contributed by atoms with E-state index in [1.54, 1.807) is 52.0 Å². The van der Waals surface area contributed by atoms with Gasteiger partial charge in [0.25, 0.3) is 0 Å². The van der Waals surface area contributed by atoms with E-state index in [-0.39, 0.29) is 37.9 Å². The van der Waals surface area contributed by atoms with Gasteiger partial charge in [-0.05, 0) is 59.7 Å². The quantitative estimate of drug-likeness (QED) is 0.0752. The number of benzene rings is 2. The summed E-state index contributed by atoms with van der Waals surface area (Å²) in [6, 6.07) is 5.37. The molecule has 0 aliphatic rings. The lowest BCUT2D eigenvalue weighted by molar-refractivity contribution is -0.122. The van der Waals surface area contributed by atoms with E-state index in [0.717, 1.165) is 10.8 Å². The number of nitrogens with two attached hydrogens (primary N) is 2. The van der Waals surface area contributed by atoms with Gasteiger partial charge < -0.3 is 31.6 Å². The van der Waals surface area contributed by atoms with Crippen LogP contribution in [-0.4, -0.2) is 73.1 Å². The Morgan fingerprint density at radius 3 is 1.22 bits per heavy atom. The molecule has 0 saturated carbocycles. The van der Waals surface area contributed by atoms with Crippen molar-refractivity contribution in [2.75, 3.05) is 13.2 Å². The van der Waals surface area contributed by atoms with Crippen molar-refractivity contribution in [2.45, 2.75) is 65.5 Å². The van der Waals surface area contributed by atoms with E-state index in [2.05, 4.69) is 32.3 Å². The zero-order chi connectivity index (χ0) is 40.2. The highest BCUT2D eigenvalue weighted by Gasteiger charge is 2.23. The second-order valence-corrected chi connectivity index (χ2v) is 12.3. The standard InChI is InChI=1S/C32H48N12O10/c1-17(2)25(27(33)47)35-29(49)39-43-31(51)41-37-23(45)7-5-13-53-21-11-9-19-10-12-22(16-20(19)15-21)54-14-6-8-24(46)38-42-32(52)44-40-30(50)36-26(18(3)4)28(34)48/h9-12,15-18,25-26H,5-8,13-14H2,1-4H3,(H2,33,47)(H2,34,48)(H,37,45)(H,38,46)(H2,35,39,49)(H2,36,40,50)(H2,41,43,51)(H2,42,44,52)/t25-,26-/m0/s1. The lowest BCUT2D eigenvalue weighted by Gasteiger charge is -2.19. The number of hydrogen-bond donors (Lipinski definition) is 12. The van der Waals surface area contributed by atoms with Crippen LogP contribution in [0.25, 0.3) is 10.8 Å². The van der Waals surface area contributed by atoms with Crippen molar-refractivity contribution in [1.29, 1.82) is 0 Å². The van der Waals surface area contributed by atoms with E-state index in [1.807, 2.05) is 33.8 Å². The first-order chi connectivity index (χ1) is 25.5. The van der Waals surface area contributed by atoms with E-state index >= 15 is 0 Å². The maximum Gasteiger partial charge on any atom is 0.352 e. The predicted octanol–water partition coefficient (Wildman–Crippen LogP) is -0.733. The number of carbonyl (C=O) groups excluding carboxylic acids is 8. The molecule has 296 valence electrons. The minimum atomic E-state index is -0.941. The molecule has 2 atom stereocenters. The van der Waals surface area contributed by atoms with Crippen LogP contribution in [0.4, 0.5) is 19.2 Å². The molecule has 0 bridgehead atoms. The molecule has 0 unspecified atom stereocenters. The lowest BCUT2D eigenvalue weighted by atomic mass is 10.0. The Labute approximate surface area is 310 Å². The molecule has 14 N–H and O–H groups in total. The van der Waals surface area contributed by atoms with Crippen LogP contribution in [0.1, 0.15) is 53.4 Å². The van der Waals surface area contributed by atoms with Crippen LogP contribution in [0.2, 0.25) is 0 Å². The summed E-state index contributed by atoms with van der Waals surface area (Å²) < 4.78 is 11.5. The number of urea groups is 4. The molecule has 0 radical (unpaired) electrons. The van der Waals surface area contributed by atoms with Gasteiger partial charge in [0.2, 0.25) is 23.6 Å². The van der Waals surface area contributed by atoms with E-state index in [0.29, 0.717) is 24.3 Å². The Bertz CT molecular complexity index is 1540. The third kappa shape index (κ3) is 16.5. The predicted molar refractivity (Wildman–Crippen MR) is 192 cm³/mol. The average molecular weight is 761 g/mol. The first-order valence-corrected chi connectivity index (χ1v) is 16.8. The zero-order valence-electron chi connectivity index (χ0n) is 30.3. The summed E-state index contributed by atoms with van der Waals surface area (Å²) in [4.78, 5) is 94.2. The molecular weight excluding hydrogens is 712 g/mol. The van der Waals surface area contributed by atoms with Crippen molar-refractivity contribution in [3.63, 3.8) is 0 Å². The van der Waals surface area contributed by atoms with E-state index < -0.39 is 59.8 Å². The minimum Gasteiger partial charge on any atom is -0.494 e. The highest BCUT2D eigenvalue weighted by Crippen LogP contribution is 2.25. The van der Waals surface area contributed by atoms with Gasteiger partial charge in [0.05, 0.1) is 13.2 Å². The number of nitrogens with one attached hydrogen (secondary N) is 10. The second kappa shape index (κ2) is 22.3. The fourth-order valence-corrected chi connectivity index (χ4v) is 4.38. The summed E-state index contributed by atoms with van der Waals surface area (Å²) in [5, 5.41) is 6.36. The van der Waals surface area contributed by atoms with Gasteiger partial charge in [0.15, 0.2) is 0 Å². The third-order valence-electron chi connectivity index (χ3n) is 7.15. The molecule has 54 heavy (non-hydrogen) atoms. The fourth-order valence-electron chi connectivity index (χ4n) is 4.38. The molecule has 0 saturated heterocycles. The van der Waals surface area contributed by atoms with Crippen LogP contribution in [0.15, 0.2) is 36.4 Å². The normalized spacial score (nSPS) is 11.6. The summed E-state index contributed by atoms with van der Waals surface area (Å²) >= 11 is 0. The molecular formula is C32H48N12O10. The monoisotopic (exact) mass is 760 g/mol. The number of ether oxygens (including phenoxy) is 2. The molecule has 22 heteroatoms. The number of hydrazine groups is 4. The van der Waals surface area contributed by atoms with Crippen molar-refractivity contribution in [3.8, 4) is 11.5 Å². The minimum absolute atomic E-state index is 0.0181. The number of rotatable bonds is 16. The van der Waals surface area contributed by atoms with Crippen molar-refractivity contribution >= 4 is 58.5 Å². The summed E-state index contributed by atoms with van der Waals surface area (Å²) in [5.41, 5.74) is 27.0. The number of carbonyl (C=O) groups is 8. The Balaban J connectivity index is 1.64. The SMILES string of the molecule is CC(C)[C@H](NC(=O)NNC(=O)NNC(=O)CCCOc1ccc2ccc(OCCCC(=O)NNC(=O)NNC(=O)N[C@H](C(N)=O)C(C)C)cc2c1)C(N)=O. The van der Waals surface area contributed by atoms with Crippen LogP contribution in [-0.2, 0) is 19.2 Å². The molecule has 2 aromatic rings. The van der Waals surface area contributed by atoms with Crippen LogP contribution in [0.3, 0.4) is 0 Å². The maximum atomic E-state index is 12.1. The second-order valence-electron chi connectivity index (χ2n) is 12.3. The molecule has 12 amide bonds. The van der Waals surface area contributed by atoms with Gasteiger partial charge in [-0.2, -0.15) is 0 Å². The van der Waals surface area contributed by atoms with Crippen molar-refractivity contribution in [1.82, 2.24) is 54.0 Å². The lowest BCUT2D eigenvalue weighted by Crippen LogP contribution is -2.57. The molecule has 22 nitrogen and oxygen atoms in total. The van der Waals surface area contributed by atoms with E-state index in [9.17, 15) is 38.4 Å². The Morgan fingerprint density at radius 1 is 0.519 bits per heavy atom. The maximum absolute atomic E-state index is 12.1. The van der Waals surface area contributed by atoms with Gasteiger partial charge >= 0.3 is 24.1 Å². The fraction of sp³-hybridized carbons (Fsp3) is 0.438. The molecule has 0 aliphatic heterocycles. The van der Waals surface area contributed by atoms with Gasteiger partial charge in [-0.25, -0.2) is 51.7 Å². The third-order valence-corrected chi connectivity index (χ3v) is 7.15. The first kappa shape index (κ1) is 43.4. The number of primary amides is 2. The van der Waals surface area contributed by atoms with E-state index in [1.165, 1.54) is 0 Å². The Hall–Kier alpha value is -6.74. The first-order valence-electron chi connectivity index (χ1n) is 16.8. The summed E-state index contributed by atoms with van der Waals surface area (Å²) in [6.07, 6.45) is 0.675. The zero-order valence-corrected chi connectivity index (χ0v) is 30.3.